The summed E-state index contributed by atoms with van der Waals surface area (Å²) in [5.74, 6) is -0.549. The number of nitrogens with zero attached hydrogens (tertiary/aromatic N) is 2. The number of morpholine rings is 1. The minimum Gasteiger partial charge on any atom is -0.462 e. The third kappa shape index (κ3) is 4.17. The van der Waals surface area contributed by atoms with Crippen LogP contribution < -0.4 is 10.6 Å². The topological polar surface area (TPSA) is 94.5 Å². The van der Waals surface area contributed by atoms with Crippen molar-refractivity contribution >= 4 is 17.6 Å². The number of rotatable bonds is 5. The van der Waals surface area contributed by atoms with Gasteiger partial charge in [-0.3, -0.25) is 4.79 Å². The van der Waals surface area contributed by atoms with Crippen LogP contribution in [0.5, 0.6) is 0 Å². The van der Waals surface area contributed by atoms with E-state index in [2.05, 4.69) is 15.7 Å². The highest BCUT2D eigenvalue weighted by Crippen LogP contribution is 2.19. The maximum Gasteiger partial charge on any atom is 0.341 e. The number of nitrogens with one attached hydrogen (secondary N) is 2. The Morgan fingerprint density at radius 3 is 3.00 bits per heavy atom. The number of hydrogen-bond donors (Lipinski definition) is 2. The summed E-state index contributed by atoms with van der Waals surface area (Å²) in [5, 5.41) is 10.4. The lowest BCUT2D eigenvalue weighted by atomic mass is 10.1. The van der Waals surface area contributed by atoms with E-state index in [4.69, 9.17) is 9.47 Å². The minimum atomic E-state index is -0.400. The highest BCUT2D eigenvalue weighted by Gasteiger charge is 2.28. The van der Waals surface area contributed by atoms with E-state index < -0.39 is 12.0 Å². The van der Waals surface area contributed by atoms with Crippen LogP contribution in [0.25, 0.3) is 5.69 Å². The number of aromatic nitrogens is 2. The predicted molar refractivity (Wildman–Crippen MR) is 100 cm³/mol. The second kappa shape index (κ2) is 8.32. The van der Waals surface area contributed by atoms with Crippen molar-refractivity contribution < 1.29 is 19.1 Å². The van der Waals surface area contributed by atoms with E-state index in [0.717, 1.165) is 5.69 Å². The molecule has 0 radical (unpaired) electrons. The molecule has 0 spiro atoms. The first kappa shape index (κ1) is 19.1. The molecule has 144 valence electrons. The van der Waals surface area contributed by atoms with Gasteiger partial charge in [-0.2, -0.15) is 5.10 Å². The van der Waals surface area contributed by atoms with Gasteiger partial charge in [-0.1, -0.05) is 6.07 Å². The quantitative estimate of drug-likeness (QED) is 0.776. The first-order valence-corrected chi connectivity index (χ1v) is 8.99. The van der Waals surface area contributed by atoms with Crippen LogP contribution in [0.4, 0.5) is 5.69 Å². The number of esters is 1. The SMILES string of the molecule is CCOC(=O)c1cnn(-c2cccc(NC(=O)[C@H]3NCCO[C@@H]3C)c2)c1C. The van der Waals surface area contributed by atoms with Gasteiger partial charge in [-0.15, -0.1) is 0 Å². The summed E-state index contributed by atoms with van der Waals surface area (Å²) >= 11 is 0. The van der Waals surface area contributed by atoms with Gasteiger partial charge in [-0.05, 0) is 39.0 Å². The fourth-order valence-electron chi connectivity index (χ4n) is 3.04. The molecule has 8 heteroatoms. The molecule has 27 heavy (non-hydrogen) atoms. The third-order valence-corrected chi connectivity index (χ3v) is 4.46. The maximum absolute atomic E-state index is 12.5. The molecule has 1 aliphatic heterocycles. The van der Waals surface area contributed by atoms with Gasteiger partial charge in [0, 0.05) is 12.2 Å². The van der Waals surface area contributed by atoms with Crippen molar-refractivity contribution in [2.75, 3.05) is 25.1 Å². The van der Waals surface area contributed by atoms with E-state index in [1.165, 1.54) is 6.20 Å². The summed E-state index contributed by atoms with van der Waals surface area (Å²) in [4.78, 5) is 24.5. The average Bonchev–Trinajstić information content (AvgIpc) is 3.04. The van der Waals surface area contributed by atoms with E-state index >= 15 is 0 Å². The molecule has 0 aliphatic carbocycles. The van der Waals surface area contributed by atoms with Crippen molar-refractivity contribution in [3.63, 3.8) is 0 Å². The van der Waals surface area contributed by atoms with Crippen LogP contribution in [0.15, 0.2) is 30.5 Å². The van der Waals surface area contributed by atoms with Gasteiger partial charge in [0.05, 0.1) is 36.9 Å². The number of anilines is 1. The molecule has 0 bridgehead atoms. The maximum atomic E-state index is 12.5. The molecule has 2 heterocycles. The normalized spacial score (nSPS) is 19.5. The molecular weight excluding hydrogens is 348 g/mol. The van der Waals surface area contributed by atoms with Crippen LogP contribution in [0.2, 0.25) is 0 Å². The molecule has 1 aromatic carbocycles. The largest absolute Gasteiger partial charge is 0.462 e. The number of carbonyl (C=O) groups is 2. The number of amides is 1. The highest BCUT2D eigenvalue weighted by molar-refractivity contribution is 5.95. The predicted octanol–water partition coefficient (Wildman–Crippen LogP) is 1.67. The van der Waals surface area contributed by atoms with E-state index in [1.807, 2.05) is 19.1 Å². The van der Waals surface area contributed by atoms with Gasteiger partial charge in [0.1, 0.15) is 11.6 Å². The van der Waals surface area contributed by atoms with Crippen LogP contribution in [0.3, 0.4) is 0 Å². The van der Waals surface area contributed by atoms with Crippen molar-refractivity contribution in [3.05, 3.63) is 41.7 Å². The summed E-state index contributed by atoms with van der Waals surface area (Å²) in [7, 11) is 0. The van der Waals surface area contributed by atoms with Gasteiger partial charge < -0.3 is 20.1 Å². The number of carbonyl (C=O) groups excluding carboxylic acids is 2. The first-order valence-electron chi connectivity index (χ1n) is 8.99. The smallest absolute Gasteiger partial charge is 0.341 e. The minimum absolute atomic E-state index is 0.149. The molecule has 2 N–H and O–H groups in total. The van der Waals surface area contributed by atoms with Gasteiger partial charge >= 0.3 is 5.97 Å². The molecule has 0 unspecified atom stereocenters. The second-order valence-electron chi connectivity index (χ2n) is 6.32. The average molecular weight is 372 g/mol. The van der Waals surface area contributed by atoms with Gasteiger partial charge in [0.15, 0.2) is 0 Å². The number of benzene rings is 1. The monoisotopic (exact) mass is 372 g/mol. The lowest BCUT2D eigenvalue weighted by Gasteiger charge is -2.29. The Morgan fingerprint density at radius 2 is 2.26 bits per heavy atom. The van der Waals surface area contributed by atoms with Crippen LogP contribution in [-0.4, -0.2) is 53.6 Å². The fourth-order valence-corrected chi connectivity index (χ4v) is 3.04. The summed E-state index contributed by atoms with van der Waals surface area (Å²) < 4.78 is 12.2. The Kier molecular flexibility index (Phi) is 5.88. The molecular formula is C19H24N4O4. The van der Waals surface area contributed by atoms with Crippen molar-refractivity contribution in [2.45, 2.75) is 32.9 Å². The molecule has 1 aromatic heterocycles. The van der Waals surface area contributed by atoms with Crippen molar-refractivity contribution in [2.24, 2.45) is 0 Å². The van der Waals surface area contributed by atoms with Crippen LogP contribution >= 0.6 is 0 Å². The van der Waals surface area contributed by atoms with Crippen molar-refractivity contribution in [1.29, 1.82) is 0 Å². The van der Waals surface area contributed by atoms with E-state index in [-0.39, 0.29) is 12.0 Å². The lowest BCUT2D eigenvalue weighted by molar-refractivity contribution is -0.123. The van der Waals surface area contributed by atoms with Crippen LogP contribution in [0, 0.1) is 6.92 Å². The summed E-state index contributed by atoms with van der Waals surface area (Å²) in [6.07, 6.45) is 1.30. The van der Waals surface area contributed by atoms with Crippen LogP contribution in [-0.2, 0) is 14.3 Å². The molecule has 1 aliphatic rings. The Hall–Kier alpha value is -2.71. The third-order valence-electron chi connectivity index (χ3n) is 4.46. The zero-order chi connectivity index (χ0) is 19.4. The molecule has 1 amide bonds. The van der Waals surface area contributed by atoms with E-state index in [1.54, 1.807) is 30.7 Å². The molecule has 2 aromatic rings. The molecule has 1 fully saturated rings. The highest BCUT2D eigenvalue weighted by atomic mass is 16.5. The lowest BCUT2D eigenvalue weighted by Crippen LogP contribution is -2.53. The standard InChI is InChI=1S/C19H24N4O4/c1-4-26-19(25)16-11-21-23(12(16)2)15-7-5-6-14(10-15)22-18(24)17-13(3)27-9-8-20-17/h5-7,10-11,13,17,20H,4,8-9H2,1-3H3,(H,22,24)/t13-,17+/m1/s1. The summed E-state index contributed by atoms with van der Waals surface area (Å²) in [5.41, 5.74) is 2.47. The Bertz CT molecular complexity index is 833. The summed E-state index contributed by atoms with van der Waals surface area (Å²) in [6, 6.07) is 6.89. The van der Waals surface area contributed by atoms with Crippen molar-refractivity contribution in [3.8, 4) is 5.69 Å². The Labute approximate surface area is 157 Å². The molecule has 2 atom stereocenters. The van der Waals surface area contributed by atoms with Gasteiger partial charge in [0.25, 0.3) is 0 Å². The molecule has 1 saturated heterocycles. The molecule has 8 nitrogen and oxygen atoms in total. The first-order chi connectivity index (χ1) is 13.0. The van der Waals surface area contributed by atoms with E-state index in [9.17, 15) is 9.59 Å². The second-order valence-corrected chi connectivity index (χ2v) is 6.32. The van der Waals surface area contributed by atoms with Gasteiger partial charge in [0.2, 0.25) is 5.91 Å². The van der Waals surface area contributed by atoms with Crippen molar-refractivity contribution in [1.82, 2.24) is 15.1 Å². The number of ether oxygens (including phenoxy) is 2. The zero-order valence-electron chi connectivity index (χ0n) is 15.7. The Balaban J connectivity index is 1.78. The Morgan fingerprint density at radius 1 is 1.44 bits per heavy atom. The zero-order valence-corrected chi connectivity index (χ0v) is 15.7. The fraction of sp³-hybridized carbons (Fsp3) is 0.421. The van der Waals surface area contributed by atoms with E-state index in [0.29, 0.717) is 36.7 Å². The van der Waals surface area contributed by atoms with Crippen LogP contribution in [0.1, 0.15) is 29.9 Å². The number of hydrogen-bond acceptors (Lipinski definition) is 6. The van der Waals surface area contributed by atoms with Gasteiger partial charge in [-0.25, -0.2) is 9.48 Å². The molecule has 0 saturated carbocycles. The summed E-state index contributed by atoms with van der Waals surface area (Å²) in [6.45, 7) is 6.99. The molecule has 3 rings (SSSR count).